The molecule has 0 spiro atoms. The Kier molecular flexibility index (Phi) is 3.62. The third kappa shape index (κ3) is 2.46. The molecule has 3 rings (SSSR count). The molecule has 1 heterocycles. The number of fused-ring (bicyclic) bond motifs is 1. The van der Waals surface area contributed by atoms with Crippen molar-refractivity contribution in [1.82, 2.24) is 9.55 Å². The molecule has 0 fully saturated rings. The summed E-state index contributed by atoms with van der Waals surface area (Å²) in [6, 6.07) is 13.3. The van der Waals surface area contributed by atoms with Gasteiger partial charge in [0.05, 0.1) is 11.2 Å². The smallest absolute Gasteiger partial charge is 0.354 e. The number of hydrogen-bond acceptors (Lipinski definition) is 3. The van der Waals surface area contributed by atoms with E-state index in [1.54, 1.807) is 10.6 Å². The molecule has 0 amide bonds. The molecule has 0 aliphatic carbocycles. The van der Waals surface area contributed by atoms with Crippen molar-refractivity contribution in [2.75, 3.05) is 19.0 Å². The van der Waals surface area contributed by atoms with Crippen LogP contribution in [0.1, 0.15) is 5.56 Å². The minimum Gasteiger partial charge on any atom is -0.362 e. The van der Waals surface area contributed by atoms with Crippen LogP contribution in [0.5, 0.6) is 0 Å². The largest absolute Gasteiger partial charge is 0.362 e. The Morgan fingerprint density at radius 3 is 2.59 bits per heavy atom. The Labute approximate surface area is 133 Å². The number of aromatic nitrogens is 2. The van der Waals surface area contributed by atoms with Gasteiger partial charge in [0.2, 0.25) is 0 Å². The second-order valence-corrected chi connectivity index (χ2v) is 5.88. The van der Waals surface area contributed by atoms with Crippen LogP contribution in [0.4, 0.5) is 5.82 Å². The molecule has 0 N–H and O–H groups in total. The van der Waals surface area contributed by atoms with E-state index in [9.17, 15) is 4.79 Å². The Morgan fingerprint density at radius 2 is 1.91 bits per heavy atom. The molecule has 2 aromatic carbocycles. The first kappa shape index (κ1) is 14.6. The number of rotatable bonds is 2. The lowest BCUT2D eigenvalue weighted by Crippen LogP contribution is -2.25. The zero-order chi connectivity index (χ0) is 15.9. The molecule has 1 aromatic heterocycles. The second kappa shape index (κ2) is 5.46. The Balaban J connectivity index is 2.45. The molecular formula is C17H16ClN3O. The number of anilines is 1. The summed E-state index contributed by atoms with van der Waals surface area (Å²) in [5.74, 6) is 0.639. The van der Waals surface area contributed by atoms with E-state index >= 15 is 0 Å². The molecule has 0 atom stereocenters. The van der Waals surface area contributed by atoms with Crippen molar-refractivity contribution in [3.63, 3.8) is 0 Å². The van der Waals surface area contributed by atoms with E-state index in [4.69, 9.17) is 11.6 Å². The molecule has 0 aliphatic rings. The summed E-state index contributed by atoms with van der Waals surface area (Å²) in [6.07, 6.45) is 0. The molecule has 0 saturated heterocycles. The summed E-state index contributed by atoms with van der Waals surface area (Å²) >= 11 is 6.14. The normalized spacial score (nSPS) is 10.9. The molecule has 0 saturated carbocycles. The van der Waals surface area contributed by atoms with Crippen LogP contribution in [0.3, 0.4) is 0 Å². The van der Waals surface area contributed by atoms with Crippen molar-refractivity contribution in [3.8, 4) is 5.69 Å². The molecule has 0 aliphatic heterocycles. The number of aryl methyl sites for hydroxylation is 1. The van der Waals surface area contributed by atoms with Crippen LogP contribution in [0.15, 0.2) is 47.3 Å². The fraction of sp³-hybridized carbons (Fsp3) is 0.176. The van der Waals surface area contributed by atoms with Crippen molar-refractivity contribution in [2.24, 2.45) is 0 Å². The van der Waals surface area contributed by atoms with Gasteiger partial charge in [0.25, 0.3) is 0 Å². The first-order valence-electron chi connectivity index (χ1n) is 6.94. The van der Waals surface area contributed by atoms with Crippen molar-refractivity contribution < 1.29 is 0 Å². The standard InChI is InChI=1S/C17H16ClN3O/c1-11-5-4-6-13(9-11)21-15-10-12(18)7-8-14(15)16(20(2)3)19-17(21)22/h4-10H,1-3H3. The second-order valence-electron chi connectivity index (χ2n) is 5.45. The lowest BCUT2D eigenvalue weighted by Gasteiger charge is -2.17. The zero-order valence-corrected chi connectivity index (χ0v) is 13.4. The van der Waals surface area contributed by atoms with Crippen LogP contribution in [0.25, 0.3) is 16.6 Å². The highest BCUT2D eigenvalue weighted by atomic mass is 35.5. The van der Waals surface area contributed by atoms with Gasteiger partial charge in [-0.15, -0.1) is 0 Å². The Morgan fingerprint density at radius 1 is 1.14 bits per heavy atom. The van der Waals surface area contributed by atoms with Gasteiger partial charge in [0, 0.05) is 24.5 Å². The van der Waals surface area contributed by atoms with E-state index in [2.05, 4.69) is 4.98 Å². The van der Waals surface area contributed by atoms with Gasteiger partial charge < -0.3 is 4.90 Å². The third-order valence-electron chi connectivity index (χ3n) is 3.52. The summed E-state index contributed by atoms with van der Waals surface area (Å²) in [4.78, 5) is 18.6. The van der Waals surface area contributed by atoms with Crippen LogP contribution in [-0.4, -0.2) is 23.6 Å². The number of nitrogens with zero attached hydrogens (tertiary/aromatic N) is 3. The van der Waals surface area contributed by atoms with E-state index < -0.39 is 0 Å². The fourth-order valence-corrected chi connectivity index (χ4v) is 2.71. The van der Waals surface area contributed by atoms with Gasteiger partial charge in [0.1, 0.15) is 5.82 Å². The first-order valence-corrected chi connectivity index (χ1v) is 7.32. The lowest BCUT2D eigenvalue weighted by atomic mass is 10.2. The topological polar surface area (TPSA) is 38.1 Å². The molecule has 0 radical (unpaired) electrons. The van der Waals surface area contributed by atoms with Gasteiger partial charge in [0.15, 0.2) is 0 Å². The number of benzene rings is 2. The van der Waals surface area contributed by atoms with Crippen LogP contribution in [0, 0.1) is 6.92 Å². The van der Waals surface area contributed by atoms with Gasteiger partial charge in [-0.1, -0.05) is 23.7 Å². The minimum absolute atomic E-state index is 0.316. The summed E-state index contributed by atoms with van der Waals surface area (Å²) in [5.41, 5.74) is 2.30. The zero-order valence-electron chi connectivity index (χ0n) is 12.7. The van der Waals surface area contributed by atoms with E-state index in [-0.39, 0.29) is 5.69 Å². The van der Waals surface area contributed by atoms with Crippen LogP contribution >= 0.6 is 11.6 Å². The number of hydrogen-bond donors (Lipinski definition) is 0. The van der Waals surface area contributed by atoms with Crippen LogP contribution < -0.4 is 10.6 Å². The quantitative estimate of drug-likeness (QED) is 0.727. The molecule has 22 heavy (non-hydrogen) atoms. The highest BCUT2D eigenvalue weighted by Crippen LogP contribution is 2.26. The predicted molar refractivity (Wildman–Crippen MR) is 91.4 cm³/mol. The predicted octanol–water partition coefficient (Wildman–Crippen LogP) is 3.41. The summed E-state index contributed by atoms with van der Waals surface area (Å²) < 4.78 is 1.60. The highest BCUT2D eigenvalue weighted by molar-refractivity contribution is 6.31. The molecule has 0 unspecified atom stereocenters. The monoisotopic (exact) mass is 313 g/mol. The summed E-state index contributed by atoms with van der Waals surface area (Å²) in [7, 11) is 3.74. The molecule has 112 valence electrons. The molecule has 5 heteroatoms. The highest BCUT2D eigenvalue weighted by Gasteiger charge is 2.13. The van der Waals surface area contributed by atoms with Gasteiger partial charge in [-0.3, -0.25) is 4.57 Å². The summed E-state index contributed by atoms with van der Waals surface area (Å²) in [6.45, 7) is 1.99. The molecule has 3 aromatic rings. The first-order chi connectivity index (χ1) is 10.5. The van der Waals surface area contributed by atoms with E-state index in [1.807, 2.05) is 62.3 Å². The maximum Gasteiger partial charge on any atom is 0.354 e. The third-order valence-corrected chi connectivity index (χ3v) is 3.75. The van der Waals surface area contributed by atoms with Crippen LogP contribution in [0.2, 0.25) is 5.02 Å². The molecule has 4 nitrogen and oxygen atoms in total. The summed E-state index contributed by atoms with van der Waals surface area (Å²) in [5, 5.41) is 1.47. The molecule has 0 bridgehead atoms. The Bertz CT molecular complexity index is 915. The fourth-order valence-electron chi connectivity index (χ4n) is 2.54. The van der Waals surface area contributed by atoms with E-state index in [0.717, 1.165) is 22.2 Å². The average Bonchev–Trinajstić information content (AvgIpc) is 2.45. The van der Waals surface area contributed by atoms with Crippen molar-refractivity contribution in [2.45, 2.75) is 6.92 Å². The van der Waals surface area contributed by atoms with Crippen LogP contribution in [-0.2, 0) is 0 Å². The van der Waals surface area contributed by atoms with E-state index in [0.29, 0.717) is 10.8 Å². The van der Waals surface area contributed by atoms with Gasteiger partial charge in [-0.2, -0.15) is 4.98 Å². The lowest BCUT2D eigenvalue weighted by molar-refractivity contribution is 0.935. The van der Waals surface area contributed by atoms with E-state index in [1.165, 1.54) is 0 Å². The van der Waals surface area contributed by atoms with Gasteiger partial charge in [-0.05, 0) is 42.8 Å². The van der Waals surface area contributed by atoms with Gasteiger partial charge >= 0.3 is 5.69 Å². The van der Waals surface area contributed by atoms with Crippen molar-refractivity contribution in [1.29, 1.82) is 0 Å². The SMILES string of the molecule is Cc1cccc(-n2c(=O)nc(N(C)C)c3ccc(Cl)cc32)c1. The Hall–Kier alpha value is -2.33. The van der Waals surface area contributed by atoms with Crippen molar-refractivity contribution in [3.05, 3.63) is 63.5 Å². The minimum atomic E-state index is -0.316. The average molecular weight is 314 g/mol. The van der Waals surface area contributed by atoms with Crippen molar-refractivity contribution >= 4 is 28.3 Å². The molecular weight excluding hydrogens is 298 g/mol. The maximum absolute atomic E-state index is 12.6. The van der Waals surface area contributed by atoms with Gasteiger partial charge in [-0.25, -0.2) is 4.79 Å². The maximum atomic E-state index is 12.6. The number of halogens is 1.